The molecule has 40 heavy (non-hydrogen) atoms. The van der Waals surface area contributed by atoms with E-state index < -0.39 is 38.7 Å². The highest BCUT2D eigenvalue weighted by Crippen LogP contribution is 2.40. The number of benzene rings is 3. The van der Waals surface area contributed by atoms with Gasteiger partial charge in [0, 0.05) is 22.0 Å². The Morgan fingerprint density at radius 3 is 2.42 bits per heavy atom. The average Bonchev–Trinajstić information content (AvgIpc) is 2.90. The molecule has 0 fully saturated rings. The minimum Gasteiger partial charge on any atom is -0.486 e. The lowest BCUT2D eigenvalue weighted by atomic mass is 10.0. The molecule has 0 aliphatic carbocycles. The third-order valence-corrected chi connectivity index (χ3v) is 8.71. The summed E-state index contributed by atoms with van der Waals surface area (Å²) in [4.78, 5) is 11.2. The van der Waals surface area contributed by atoms with Gasteiger partial charge in [-0.2, -0.15) is 13.2 Å². The molecule has 3 aromatic rings. The maximum absolute atomic E-state index is 13.8. The first kappa shape index (κ1) is 29.8. The van der Waals surface area contributed by atoms with Crippen LogP contribution in [0.5, 0.6) is 5.75 Å². The number of rotatable bonds is 7. The number of esters is 1. The van der Waals surface area contributed by atoms with Gasteiger partial charge in [-0.3, -0.25) is 9.10 Å². The summed E-state index contributed by atoms with van der Waals surface area (Å²) in [5, 5.41) is 0.870. The number of hydrogen-bond donors (Lipinski definition) is 0. The van der Waals surface area contributed by atoms with Crippen molar-refractivity contribution in [3.8, 4) is 5.75 Å². The molecule has 1 atom stereocenters. The number of sulfonamides is 1. The highest BCUT2D eigenvalue weighted by Gasteiger charge is 2.37. The zero-order valence-electron chi connectivity index (χ0n) is 21.3. The van der Waals surface area contributed by atoms with Crippen molar-refractivity contribution >= 4 is 56.5 Å². The van der Waals surface area contributed by atoms with Gasteiger partial charge in [-0.1, -0.05) is 47.5 Å². The third-order valence-electron chi connectivity index (χ3n) is 6.30. The second kappa shape index (κ2) is 11.7. The number of anilines is 1. The maximum atomic E-state index is 13.8. The van der Waals surface area contributed by atoms with Crippen LogP contribution in [0.15, 0.2) is 65.6 Å². The number of carbonyl (C=O) groups excluding carboxylic acids is 1. The summed E-state index contributed by atoms with van der Waals surface area (Å²) in [6.07, 6.45) is -3.63. The molecule has 6 nitrogen and oxygen atoms in total. The van der Waals surface area contributed by atoms with Crippen molar-refractivity contribution in [2.24, 2.45) is 0 Å². The Kier molecular flexibility index (Phi) is 8.72. The van der Waals surface area contributed by atoms with Crippen molar-refractivity contribution in [2.75, 3.05) is 18.0 Å². The molecule has 3 aromatic carbocycles. The lowest BCUT2D eigenvalue weighted by molar-refractivity contribution is -0.141. The number of ether oxygens (including phenoxy) is 2. The van der Waals surface area contributed by atoms with Crippen LogP contribution in [0.3, 0.4) is 0 Å². The fourth-order valence-electron chi connectivity index (χ4n) is 4.33. The standard InChI is InChI=1S/C28H24Cl2F3NO5S/c1-17(27-22(29)7-4-8-23(27)30)13-18-9-11-25-24(14-18)34(16-20(39-25)10-12-26(35)38-2)40(36,37)21-6-3-5-19(15-21)28(31,32)33/h3-9,11,13-15,20H,10,12,16H2,1-2H3/b17-13+/t20-/m0/s1. The topological polar surface area (TPSA) is 72.9 Å². The van der Waals surface area contributed by atoms with Gasteiger partial charge in [-0.15, -0.1) is 0 Å². The molecule has 0 radical (unpaired) electrons. The van der Waals surface area contributed by atoms with Gasteiger partial charge in [-0.05, 0) is 66.9 Å². The monoisotopic (exact) mass is 613 g/mol. The van der Waals surface area contributed by atoms with Crippen LogP contribution >= 0.6 is 23.2 Å². The van der Waals surface area contributed by atoms with Crippen molar-refractivity contribution in [1.29, 1.82) is 0 Å². The molecule has 0 N–H and O–H groups in total. The lowest BCUT2D eigenvalue weighted by Crippen LogP contribution is -2.43. The van der Waals surface area contributed by atoms with E-state index in [0.717, 1.165) is 22.5 Å². The van der Waals surface area contributed by atoms with Crippen LogP contribution in [0.4, 0.5) is 18.9 Å². The summed E-state index contributed by atoms with van der Waals surface area (Å²) in [6.45, 7) is 1.56. The Bertz CT molecular complexity index is 1550. The summed E-state index contributed by atoms with van der Waals surface area (Å²) in [6, 6.07) is 13.5. The fraction of sp³-hybridized carbons (Fsp3) is 0.250. The number of allylic oxidation sites excluding steroid dienone is 1. The zero-order chi connectivity index (χ0) is 29.2. The SMILES string of the molecule is COC(=O)CC[C@H]1CN(S(=O)(=O)c2cccc(C(F)(F)F)c2)c2cc(/C=C(\C)c3c(Cl)cccc3Cl)ccc2O1. The molecular formula is C28H24Cl2F3NO5S. The average molecular weight is 614 g/mol. The summed E-state index contributed by atoms with van der Waals surface area (Å²) >= 11 is 12.7. The number of alkyl halides is 3. The molecule has 0 unspecified atom stereocenters. The quantitative estimate of drug-likeness (QED) is 0.204. The van der Waals surface area contributed by atoms with Crippen LogP contribution in [-0.2, 0) is 25.7 Å². The third kappa shape index (κ3) is 6.40. The molecule has 0 saturated carbocycles. The van der Waals surface area contributed by atoms with Gasteiger partial charge in [0.05, 0.1) is 29.8 Å². The minimum absolute atomic E-state index is 0.0352. The van der Waals surface area contributed by atoms with E-state index in [4.69, 9.17) is 27.9 Å². The predicted molar refractivity (Wildman–Crippen MR) is 148 cm³/mol. The van der Waals surface area contributed by atoms with E-state index in [-0.39, 0.29) is 30.8 Å². The van der Waals surface area contributed by atoms with Crippen molar-refractivity contribution in [2.45, 2.75) is 36.9 Å². The highest BCUT2D eigenvalue weighted by atomic mass is 35.5. The molecule has 1 aliphatic heterocycles. The van der Waals surface area contributed by atoms with Crippen LogP contribution in [0, 0.1) is 0 Å². The lowest BCUT2D eigenvalue weighted by Gasteiger charge is -2.35. The van der Waals surface area contributed by atoms with Gasteiger partial charge in [0.2, 0.25) is 0 Å². The van der Waals surface area contributed by atoms with E-state index in [1.54, 1.807) is 49.4 Å². The van der Waals surface area contributed by atoms with Gasteiger partial charge in [0.15, 0.2) is 0 Å². The largest absolute Gasteiger partial charge is 0.486 e. The second-order valence-corrected chi connectivity index (χ2v) is 11.7. The smallest absolute Gasteiger partial charge is 0.416 e. The molecule has 0 amide bonds. The van der Waals surface area contributed by atoms with Crippen LogP contribution in [-0.4, -0.2) is 34.1 Å². The molecule has 12 heteroatoms. The maximum Gasteiger partial charge on any atom is 0.416 e. The van der Waals surface area contributed by atoms with Gasteiger partial charge >= 0.3 is 12.1 Å². The molecule has 1 aliphatic rings. The first-order chi connectivity index (χ1) is 18.8. The minimum atomic E-state index is -4.73. The van der Waals surface area contributed by atoms with E-state index in [2.05, 4.69) is 4.74 Å². The van der Waals surface area contributed by atoms with Crippen LogP contribution < -0.4 is 9.04 Å². The van der Waals surface area contributed by atoms with Gasteiger partial charge < -0.3 is 9.47 Å². The molecule has 0 saturated heterocycles. The molecule has 4 rings (SSSR count). The second-order valence-electron chi connectivity index (χ2n) is 9.07. The zero-order valence-corrected chi connectivity index (χ0v) is 23.7. The number of carbonyl (C=O) groups is 1. The molecule has 0 spiro atoms. The van der Waals surface area contributed by atoms with Gasteiger partial charge in [-0.25, -0.2) is 8.42 Å². The Hall–Kier alpha value is -3.21. The number of methoxy groups -OCH3 is 1. The number of hydrogen-bond acceptors (Lipinski definition) is 5. The van der Waals surface area contributed by atoms with E-state index in [1.165, 1.54) is 7.11 Å². The number of fused-ring (bicyclic) bond motifs is 1. The van der Waals surface area contributed by atoms with E-state index in [1.807, 2.05) is 0 Å². The van der Waals surface area contributed by atoms with Gasteiger partial charge in [0.1, 0.15) is 11.9 Å². The normalized spacial score (nSPS) is 15.8. The highest BCUT2D eigenvalue weighted by molar-refractivity contribution is 7.92. The van der Waals surface area contributed by atoms with Crippen LogP contribution in [0.2, 0.25) is 10.0 Å². The Balaban J connectivity index is 1.79. The summed E-state index contributed by atoms with van der Waals surface area (Å²) < 4.78 is 79.4. The first-order valence-corrected chi connectivity index (χ1v) is 14.2. The molecular weight excluding hydrogens is 590 g/mol. The molecule has 0 aromatic heterocycles. The predicted octanol–water partition coefficient (Wildman–Crippen LogP) is 7.48. The first-order valence-electron chi connectivity index (χ1n) is 12.0. The number of nitrogens with zero attached hydrogens (tertiary/aromatic N) is 1. The Morgan fingerprint density at radius 1 is 1.10 bits per heavy atom. The molecule has 0 bridgehead atoms. The van der Waals surface area contributed by atoms with Crippen molar-refractivity contribution in [3.05, 3.63) is 87.4 Å². The van der Waals surface area contributed by atoms with Crippen molar-refractivity contribution in [3.63, 3.8) is 0 Å². The Morgan fingerprint density at radius 2 is 1.77 bits per heavy atom. The summed E-state index contributed by atoms with van der Waals surface area (Å²) in [5.41, 5.74) is 0.937. The molecule has 1 heterocycles. The van der Waals surface area contributed by atoms with E-state index >= 15 is 0 Å². The van der Waals surface area contributed by atoms with Gasteiger partial charge in [0.25, 0.3) is 10.0 Å². The fourth-order valence-corrected chi connectivity index (χ4v) is 6.58. The van der Waals surface area contributed by atoms with E-state index in [9.17, 15) is 26.4 Å². The number of halogens is 5. The van der Waals surface area contributed by atoms with Crippen molar-refractivity contribution in [1.82, 2.24) is 0 Å². The molecule has 212 valence electrons. The van der Waals surface area contributed by atoms with Crippen molar-refractivity contribution < 1.29 is 35.9 Å². The Labute approximate surface area is 240 Å². The van der Waals surface area contributed by atoms with Crippen LogP contribution in [0.25, 0.3) is 11.6 Å². The van der Waals surface area contributed by atoms with E-state index in [0.29, 0.717) is 32.8 Å². The summed E-state index contributed by atoms with van der Waals surface area (Å²) in [5.74, 6) is -0.307. The van der Waals surface area contributed by atoms with Crippen LogP contribution in [0.1, 0.15) is 36.5 Å². The summed E-state index contributed by atoms with van der Waals surface area (Å²) in [7, 11) is -3.24.